The largest absolute Gasteiger partial charge is 0.354 e. The first kappa shape index (κ1) is 16.5. The van der Waals surface area contributed by atoms with Crippen molar-refractivity contribution in [2.75, 3.05) is 6.54 Å². The van der Waals surface area contributed by atoms with Crippen LogP contribution < -0.4 is 10.6 Å². The van der Waals surface area contributed by atoms with Gasteiger partial charge in [-0.1, -0.05) is 23.7 Å². The Hall–Kier alpha value is -2.40. The van der Waals surface area contributed by atoms with Gasteiger partial charge < -0.3 is 10.6 Å². The SMILES string of the molecule is O=C(C=Cc1ccc2ccc(Cl)cc2n1)NC1CCCCNC1=O. The number of benzene rings is 1. The van der Waals surface area contributed by atoms with E-state index in [1.54, 1.807) is 12.1 Å². The van der Waals surface area contributed by atoms with Crippen molar-refractivity contribution in [2.45, 2.75) is 25.3 Å². The quantitative estimate of drug-likeness (QED) is 0.842. The van der Waals surface area contributed by atoms with Crippen LogP contribution in [0.3, 0.4) is 0 Å². The molecule has 1 unspecified atom stereocenters. The van der Waals surface area contributed by atoms with E-state index in [0.717, 1.165) is 23.7 Å². The first-order valence-corrected chi connectivity index (χ1v) is 8.32. The molecular formula is C18H18ClN3O2. The minimum Gasteiger partial charge on any atom is -0.354 e. The molecule has 2 N–H and O–H groups in total. The molecule has 1 aliphatic rings. The predicted octanol–water partition coefficient (Wildman–Crippen LogP) is 2.69. The highest BCUT2D eigenvalue weighted by atomic mass is 35.5. The number of amides is 2. The zero-order chi connectivity index (χ0) is 16.9. The number of fused-ring (bicyclic) bond motifs is 1. The van der Waals surface area contributed by atoms with Crippen molar-refractivity contribution in [3.8, 4) is 0 Å². The number of pyridine rings is 1. The van der Waals surface area contributed by atoms with E-state index in [9.17, 15) is 9.59 Å². The molecule has 1 saturated heterocycles. The first-order valence-electron chi connectivity index (χ1n) is 7.94. The Kier molecular flexibility index (Phi) is 5.11. The number of carbonyl (C=O) groups excluding carboxylic acids is 2. The van der Waals surface area contributed by atoms with Gasteiger partial charge in [-0.2, -0.15) is 0 Å². The summed E-state index contributed by atoms with van der Waals surface area (Å²) in [6, 6.07) is 8.78. The van der Waals surface area contributed by atoms with E-state index in [0.29, 0.717) is 23.7 Å². The monoisotopic (exact) mass is 343 g/mol. The molecule has 2 aromatic rings. The van der Waals surface area contributed by atoms with Crippen molar-refractivity contribution in [3.63, 3.8) is 0 Å². The second-order valence-electron chi connectivity index (χ2n) is 5.75. The highest BCUT2D eigenvalue weighted by molar-refractivity contribution is 6.31. The number of rotatable bonds is 3. The summed E-state index contributed by atoms with van der Waals surface area (Å²) in [5.74, 6) is -0.419. The van der Waals surface area contributed by atoms with Crippen molar-refractivity contribution < 1.29 is 9.59 Å². The minimum absolute atomic E-state index is 0.118. The molecule has 0 aliphatic carbocycles. The second kappa shape index (κ2) is 7.45. The van der Waals surface area contributed by atoms with Gasteiger partial charge in [0, 0.05) is 23.0 Å². The van der Waals surface area contributed by atoms with Crippen molar-refractivity contribution in [2.24, 2.45) is 0 Å². The number of halogens is 1. The van der Waals surface area contributed by atoms with E-state index in [4.69, 9.17) is 11.6 Å². The summed E-state index contributed by atoms with van der Waals surface area (Å²) in [5, 5.41) is 7.14. The second-order valence-corrected chi connectivity index (χ2v) is 6.19. The molecule has 1 aromatic carbocycles. The van der Waals surface area contributed by atoms with Crippen LogP contribution >= 0.6 is 11.6 Å². The molecule has 1 aromatic heterocycles. The molecule has 0 spiro atoms. The maximum absolute atomic E-state index is 12.0. The molecule has 3 rings (SSSR count). The zero-order valence-electron chi connectivity index (χ0n) is 13.1. The summed E-state index contributed by atoms with van der Waals surface area (Å²) >= 11 is 5.97. The van der Waals surface area contributed by atoms with Gasteiger partial charge in [-0.3, -0.25) is 9.59 Å². The summed E-state index contributed by atoms with van der Waals surface area (Å²) in [7, 11) is 0. The third-order valence-electron chi connectivity index (χ3n) is 3.93. The third kappa shape index (κ3) is 4.11. The zero-order valence-corrected chi connectivity index (χ0v) is 13.8. The smallest absolute Gasteiger partial charge is 0.244 e. The molecule has 1 fully saturated rings. The molecule has 1 atom stereocenters. The van der Waals surface area contributed by atoms with Crippen molar-refractivity contribution in [3.05, 3.63) is 47.1 Å². The van der Waals surface area contributed by atoms with Crippen LogP contribution in [-0.4, -0.2) is 29.4 Å². The number of hydrogen-bond donors (Lipinski definition) is 2. The first-order chi connectivity index (χ1) is 11.6. The van der Waals surface area contributed by atoms with E-state index in [1.807, 2.05) is 24.3 Å². The minimum atomic E-state index is -0.465. The van der Waals surface area contributed by atoms with E-state index >= 15 is 0 Å². The van der Waals surface area contributed by atoms with Gasteiger partial charge >= 0.3 is 0 Å². The predicted molar refractivity (Wildman–Crippen MR) is 94.6 cm³/mol. The Morgan fingerprint density at radius 3 is 3.00 bits per heavy atom. The summed E-state index contributed by atoms with van der Waals surface area (Å²) < 4.78 is 0. The van der Waals surface area contributed by atoms with Gasteiger partial charge in [0.15, 0.2) is 0 Å². The van der Waals surface area contributed by atoms with E-state index < -0.39 is 6.04 Å². The number of nitrogens with one attached hydrogen (secondary N) is 2. The lowest BCUT2D eigenvalue weighted by Gasteiger charge is -2.13. The molecule has 24 heavy (non-hydrogen) atoms. The highest BCUT2D eigenvalue weighted by Gasteiger charge is 2.21. The molecule has 0 saturated carbocycles. The van der Waals surface area contributed by atoms with Crippen molar-refractivity contribution >= 4 is 40.4 Å². The van der Waals surface area contributed by atoms with Gasteiger partial charge in [0.25, 0.3) is 0 Å². The van der Waals surface area contributed by atoms with Crippen LogP contribution in [-0.2, 0) is 9.59 Å². The Balaban J connectivity index is 1.68. The van der Waals surface area contributed by atoms with Gasteiger partial charge in [-0.15, -0.1) is 0 Å². The van der Waals surface area contributed by atoms with Crippen LogP contribution in [0.25, 0.3) is 17.0 Å². The summed E-state index contributed by atoms with van der Waals surface area (Å²) in [6.07, 6.45) is 5.55. The number of aromatic nitrogens is 1. The summed E-state index contributed by atoms with van der Waals surface area (Å²) in [5.41, 5.74) is 1.43. The Labute approximate surface area is 145 Å². The van der Waals surface area contributed by atoms with E-state index in [-0.39, 0.29) is 11.8 Å². The maximum atomic E-state index is 12.0. The Morgan fingerprint density at radius 2 is 2.12 bits per heavy atom. The Bertz CT molecular complexity index is 804. The topological polar surface area (TPSA) is 71.1 Å². The maximum Gasteiger partial charge on any atom is 0.244 e. The van der Waals surface area contributed by atoms with Gasteiger partial charge in [-0.25, -0.2) is 4.98 Å². The van der Waals surface area contributed by atoms with Crippen LogP contribution in [0.15, 0.2) is 36.4 Å². The molecule has 0 radical (unpaired) electrons. The lowest BCUT2D eigenvalue weighted by Crippen LogP contribution is -2.44. The van der Waals surface area contributed by atoms with Crippen LogP contribution in [0.5, 0.6) is 0 Å². The molecule has 2 amide bonds. The van der Waals surface area contributed by atoms with Crippen LogP contribution in [0.1, 0.15) is 25.0 Å². The van der Waals surface area contributed by atoms with Gasteiger partial charge in [-0.05, 0) is 43.5 Å². The van der Waals surface area contributed by atoms with Gasteiger partial charge in [0.05, 0.1) is 11.2 Å². The Morgan fingerprint density at radius 1 is 1.29 bits per heavy atom. The molecule has 5 nitrogen and oxygen atoms in total. The van der Waals surface area contributed by atoms with Crippen LogP contribution in [0, 0.1) is 0 Å². The number of nitrogens with zero attached hydrogens (tertiary/aromatic N) is 1. The molecule has 1 aliphatic heterocycles. The average molecular weight is 344 g/mol. The fourth-order valence-electron chi connectivity index (χ4n) is 2.66. The fourth-order valence-corrected chi connectivity index (χ4v) is 2.82. The van der Waals surface area contributed by atoms with Gasteiger partial charge in [0.1, 0.15) is 6.04 Å². The van der Waals surface area contributed by atoms with Crippen molar-refractivity contribution in [1.29, 1.82) is 0 Å². The van der Waals surface area contributed by atoms with Gasteiger partial charge in [0.2, 0.25) is 11.8 Å². The standard InChI is InChI=1S/C18H18ClN3O2/c19-13-6-4-12-5-7-14(21-16(12)11-13)8-9-17(23)22-15-3-1-2-10-20-18(15)24/h4-9,11,15H,1-3,10H2,(H,20,24)(H,22,23). The molecule has 0 bridgehead atoms. The van der Waals surface area contributed by atoms with E-state index in [2.05, 4.69) is 15.6 Å². The number of hydrogen-bond acceptors (Lipinski definition) is 3. The fraction of sp³-hybridized carbons (Fsp3) is 0.278. The normalized spacial score (nSPS) is 18.4. The summed E-state index contributed by atoms with van der Waals surface area (Å²) in [6.45, 7) is 0.671. The molecule has 6 heteroatoms. The van der Waals surface area contributed by atoms with Crippen LogP contribution in [0.2, 0.25) is 5.02 Å². The molecular weight excluding hydrogens is 326 g/mol. The lowest BCUT2D eigenvalue weighted by molar-refractivity contribution is -0.126. The van der Waals surface area contributed by atoms with Crippen molar-refractivity contribution in [1.82, 2.24) is 15.6 Å². The van der Waals surface area contributed by atoms with Crippen LogP contribution in [0.4, 0.5) is 0 Å². The third-order valence-corrected chi connectivity index (χ3v) is 4.17. The van der Waals surface area contributed by atoms with E-state index in [1.165, 1.54) is 6.08 Å². The lowest BCUT2D eigenvalue weighted by atomic mass is 10.1. The summed E-state index contributed by atoms with van der Waals surface area (Å²) in [4.78, 5) is 28.3. The molecule has 2 heterocycles. The average Bonchev–Trinajstić information content (AvgIpc) is 2.77. The molecule has 124 valence electrons. The number of carbonyl (C=O) groups is 2. The highest BCUT2D eigenvalue weighted by Crippen LogP contribution is 2.18.